The van der Waals surface area contributed by atoms with Gasteiger partial charge >= 0.3 is 5.97 Å². The van der Waals surface area contributed by atoms with Crippen LogP contribution < -0.4 is 5.73 Å². The average molecular weight is 280 g/mol. The van der Waals surface area contributed by atoms with Crippen molar-refractivity contribution in [1.82, 2.24) is 0 Å². The molecule has 0 fully saturated rings. The highest BCUT2D eigenvalue weighted by Crippen LogP contribution is 2.27. The molecule has 6 heteroatoms. The molecule has 1 aromatic carbocycles. The first kappa shape index (κ1) is 14.2. The average Bonchev–Trinajstić information content (AvgIpc) is 2.31. The number of nitrogens with two attached hydrogens (primary N) is 1. The van der Waals surface area contributed by atoms with Crippen LogP contribution in [0.15, 0.2) is 18.2 Å². The van der Waals surface area contributed by atoms with E-state index in [0.717, 1.165) is 0 Å². The van der Waals surface area contributed by atoms with Crippen molar-refractivity contribution in [2.45, 2.75) is 19.1 Å². The first-order valence-electron chi connectivity index (χ1n) is 4.98. The highest BCUT2D eigenvalue weighted by atomic mass is 35.5. The van der Waals surface area contributed by atoms with Gasteiger partial charge in [-0.1, -0.05) is 29.3 Å². The van der Waals surface area contributed by atoms with Gasteiger partial charge in [-0.2, -0.15) is 0 Å². The number of carbonyl (C=O) groups is 1. The van der Waals surface area contributed by atoms with Crippen LogP contribution in [-0.2, 0) is 9.53 Å². The molecule has 0 aliphatic carbocycles. The molecule has 2 atom stereocenters. The molecule has 0 bridgehead atoms. The zero-order valence-electron chi connectivity index (χ0n) is 9.12. The molecule has 0 aliphatic rings. The van der Waals surface area contributed by atoms with E-state index in [1.807, 2.05) is 0 Å². The Bertz CT molecular complexity index is 414. The summed E-state index contributed by atoms with van der Waals surface area (Å²) >= 11 is 11.5. The number of esters is 1. The molecule has 0 aliphatic heterocycles. The Morgan fingerprint density at radius 3 is 2.65 bits per heavy atom. The van der Waals surface area contributed by atoms with E-state index >= 15 is 0 Å². The standard InChI is InChI=1S/C11H12Cl2FNO2/c1-2-17-11(16)9(14)10(15)6-3-4-7(12)8(13)5-6/h3-5,9-10H,2,15H2,1H3/t9?,10-/m1/s1. The Labute approximate surface area is 109 Å². The van der Waals surface area contributed by atoms with Crippen LogP contribution in [0.3, 0.4) is 0 Å². The van der Waals surface area contributed by atoms with Crippen molar-refractivity contribution in [2.24, 2.45) is 5.73 Å². The third kappa shape index (κ3) is 3.56. The number of rotatable bonds is 4. The summed E-state index contributed by atoms with van der Waals surface area (Å²) in [5.41, 5.74) is 6.00. The van der Waals surface area contributed by atoms with Crippen LogP contribution in [0.5, 0.6) is 0 Å². The molecule has 0 saturated heterocycles. The number of benzene rings is 1. The van der Waals surface area contributed by atoms with Crippen molar-refractivity contribution in [3.63, 3.8) is 0 Å². The summed E-state index contributed by atoms with van der Waals surface area (Å²) in [7, 11) is 0. The van der Waals surface area contributed by atoms with E-state index in [4.69, 9.17) is 28.9 Å². The van der Waals surface area contributed by atoms with Crippen LogP contribution in [0.25, 0.3) is 0 Å². The maximum absolute atomic E-state index is 13.6. The van der Waals surface area contributed by atoms with Crippen LogP contribution >= 0.6 is 23.2 Å². The molecule has 94 valence electrons. The van der Waals surface area contributed by atoms with Crippen LogP contribution in [0.4, 0.5) is 4.39 Å². The SMILES string of the molecule is CCOC(=O)C(F)[C@H](N)c1ccc(Cl)c(Cl)c1. The summed E-state index contributed by atoms with van der Waals surface area (Å²) < 4.78 is 18.2. The van der Waals surface area contributed by atoms with E-state index in [1.54, 1.807) is 6.92 Å². The zero-order chi connectivity index (χ0) is 13.0. The summed E-state index contributed by atoms with van der Waals surface area (Å²) in [5, 5.41) is 0.602. The first-order valence-corrected chi connectivity index (χ1v) is 5.74. The first-order chi connectivity index (χ1) is 7.97. The third-order valence-corrected chi connectivity index (χ3v) is 2.89. The van der Waals surface area contributed by atoms with E-state index in [1.165, 1.54) is 18.2 Å². The van der Waals surface area contributed by atoms with Crippen molar-refractivity contribution in [2.75, 3.05) is 6.61 Å². The number of carbonyl (C=O) groups excluding carboxylic acids is 1. The molecular formula is C11H12Cl2FNO2. The number of hydrogen-bond acceptors (Lipinski definition) is 3. The maximum Gasteiger partial charge on any atom is 0.342 e. The van der Waals surface area contributed by atoms with Crippen molar-refractivity contribution in [3.05, 3.63) is 33.8 Å². The summed E-state index contributed by atoms with van der Waals surface area (Å²) in [6, 6.07) is 3.32. The van der Waals surface area contributed by atoms with Crippen LogP contribution in [-0.4, -0.2) is 18.7 Å². The molecular weight excluding hydrogens is 268 g/mol. The Hall–Kier alpha value is -0.840. The van der Waals surface area contributed by atoms with Crippen molar-refractivity contribution < 1.29 is 13.9 Å². The number of halogens is 3. The number of hydrogen-bond donors (Lipinski definition) is 1. The van der Waals surface area contributed by atoms with Gasteiger partial charge in [-0.05, 0) is 24.6 Å². The predicted molar refractivity (Wildman–Crippen MR) is 64.9 cm³/mol. The van der Waals surface area contributed by atoms with Gasteiger partial charge in [0, 0.05) is 0 Å². The quantitative estimate of drug-likeness (QED) is 0.863. The molecule has 3 nitrogen and oxygen atoms in total. The van der Waals surface area contributed by atoms with E-state index in [-0.39, 0.29) is 11.6 Å². The highest BCUT2D eigenvalue weighted by molar-refractivity contribution is 6.42. The molecule has 0 radical (unpaired) electrons. The van der Waals surface area contributed by atoms with Gasteiger partial charge in [0.05, 0.1) is 22.7 Å². The molecule has 1 rings (SSSR count). The van der Waals surface area contributed by atoms with Gasteiger partial charge in [-0.25, -0.2) is 9.18 Å². The van der Waals surface area contributed by atoms with E-state index in [0.29, 0.717) is 10.6 Å². The summed E-state index contributed by atoms with van der Waals surface area (Å²) in [6.07, 6.45) is -1.92. The third-order valence-electron chi connectivity index (χ3n) is 2.16. The Balaban J connectivity index is 2.84. The lowest BCUT2D eigenvalue weighted by Gasteiger charge is -2.16. The van der Waals surface area contributed by atoms with Crippen LogP contribution in [0.1, 0.15) is 18.5 Å². The van der Waals surface area contributed by atoms with E-state index < -0.39 is 18.2 Å². The van der Waals surface area contributed by atoms with Gasteiger partial charge in [0.1, 0.15) is 0 Å². The second kappa shape index (κ2) is 6.19. The fourth-order valence-electron chi connectivity index (χ4n) is 1.26. The van der Waals surface area contributed by atoms with Gasteiger partial charge in [-0.15, -0.1) is 0 Å². The minimum absolute atomic E-state index is 0.105. The molecule has 0 heterocycles. The molecule has 17 heavy (non-hydrogen) atoms. The molecule has 0 aromatic heterocycles. The minimum atomic E-state index is -1.92. The summed E-state index contributed by atoms with van der Waals surface area (Å²) in [4.78, 5) is 11.2. The summed E-state index contributed by atoms with van der Waals surface area (Å²) in [6.45, 7) is 1.70. The lowest BCUT2D eigenvalue weighted by Crippen LogP contribution is -2.31. The molecule has 0 amide bonds. The fourth-order valence-corrected chi connectivity index (χ4v) is 1.56. The van der Waals surface area contributed by atoms with E-state index in [9.17, 15) is 9.18 Å². The lowest BCUT2D eigenvalue weighted by atomic mass is 10.0. The molecule has 1 aromatic rings. The van der Waals surface area contributed by atoms with Gasteiger partial charge in [0.15, 0.2) is 0 Å². The molecule has 1 unspecified atom stereocenters. The Morgan fingerprint density at radius 2 is 2.12 bits per heavy atom. The monoisotopic (exact) mass is 279 g/mol. The minimum Gasteiger partial charge on any atom is -0.464 e. The fraction of sp³-hybridized carbons (Fsp3) is 0.364. The Morgan fingerprint density at radius 1 is 1.47 bits per heavy atom. The van der Waals surface area contributed by atoms with Crippen molar-refractivity contribution >= 4 is 29.2 Å². The van der Waals surface area contributed by atoms with Crippen molar-refractivity contribution in [3.8, 4) is 0 Å². The molecule has 2 N–H and O–H groups in total. The summed E-state index contributed by atoms with van der Waals surface area (Å²) in [5.74, 6) is -0.980. The molecule has 0 saturated carbocycles. The second-order valence-corrected chi connectivity index (χ2v) is 4.17. The normalized spacial score (nSPS) is 14.2. The van der Waals surface area contributed by atoms with Gasteiger partial charge in [0.2, 0.25) is 6.17 Å². The van der Waals surface area contributed by atoms with Crippen molar-refractivity contribution in [1.29, 1.82) is 0 Å². The largest absolute Gasteiger partial charge is 0.464 e. The lowest BCUT2D eigenvalue weighted by molar-refractivity contribution is -0.149. The van der Waals surface area contributed by atoms with Gasteiger partial charge in [0.25, 0.3) is 0 Å². The smallest absolute Gasteiger partial charge is 0.342 e. The Kier molecular flexibility index (Phi) is 5.18. The number of ether oxygens (including phenoxy) is 1. The predicted octanol–water partition coefficient (Wildman–Crippen LogP) is 2.89. The molecule has 0 spiro atoms. The van der Waals surface area contributed by atoms with Crippen LogP contribution in [0.2, 0.25) is 10.0 Å². The second-order valence-electron chi connectivity index (χ2n) is 3.35. The van der Waals surface area contributed by atoms with Gasteiger partial charge < -0.3 is 10.5 Å². The van der Waals surface area contributed by atoms with Crippen LogP contribution in [0, 0.1) is 0 Å². The number of alkyl halides is 1. The maximum atomic E-state index is 13.6. The highest BCUT2D eigenvalue weighted by Gasteiger charge is 2.27. The van der Waals surface area contributed by atoms with Gasteiger partial charge in [-0.3, -0.25) is 0 Å². The van der Waals surface area contributed by atoms with E-state index in [2.05, 4.69) is 4.74 Å². The topological polar surface area (TPSA) is 52.3 Å². The zero-order valence-corrected chi connectivity index (χ0v) is 10.6.